The van der Waals surface area contributed by atoms with Crippen LogP contribution in [0.2, 0.25) is 0 Å². The molecule has 0 unspecified atom stereocenters. The first-order valence-electron chi connectivity index (χ1n) is 20.6. The van der Waals surface area contributed by atoms with Crippen LogP contribution in [0.15, 0.2) is 217 Å². The lowest BCUT2D eigenvalue weighted by atomic mass is 9.88. The van der Waals surface area contributed by atoms with E-state index in [2.05, 4.69) is 188 Å². The zero-order valence-electron chi connectivity index (χ0n) is 33.0. The fourth-order valence-electron chi connectivity index (χ4n) is 8.99. The average molecular weight is 778 g/mol. The average Bonchev–Trinajstić information content (AvgIpc) is 3.71. The summed E-state index contributed by atoms with van der Waals surface area (Å²) >= 11 is 0. The van der Waals surface area contributed by atoms with E-state index in [9.17, 15) is 0 Å². The van der Waals surface area contributed by atoms with Crippen molar-refractivity contribution in [2.75, 3.05) is 0 Å². The Labute approximate surface area is 352 Å². The second-order valence-corrected chi connectivity index (χ2v) is 15.5. The molecule has 9 aromatic carbocycles. The summed E-state index contributed by atoms with van der Waals surface area (Å²) in [6.07, 6.45) is 0. The van der Waals surface area contributed by atoms with Gasteiger partial charge in [-0.3, -0.25) is 0 Å². The molecule has 0 fully saturated rings. The molecule has 0 radical (unpaired) electrons. The van der Waals surface area contributed by atoms with Gasteiger partial charge in [0.25, 0.3) is 0 Å². The van der Waals surface area contributed by atoms with Gasteiger partial charge in [0.05, 0.1) is 22.4 Å². The zero-order chi connectivity index (χ0) is 40.3. The summed E-state index contributed by atoms with van der Waals surface area (Å²) in [7, 11) is 0. The number of furan rings is 1. The first kappa shape index (κ1) is 34.8. The van der Waals surface area contributed by atoms with Crippen molar-refractivity contribution in [1.29, 1.82) is 0 Å². The number of para-hydroxylation sites is 3. The molecular formula is C57H35N3O. The Morgan fingerprint density at radius 2 is 0.787 bits per heavy atom. The van der Waals surface area contributed by atoms with E-state index in [1.807, 2.05) is 24.3 Å². The Kier molecular flexibility index (Phi) is 8.13. The minimum absolute atomic E-state index is 0.703. The van der Waals surface area contributed by atoms with Crippen molar-refractivity contribution in [3.8, 4) is 67.3 Å². The SMILES string of the molecule is c1ccc(-c2cccc(-c3nc(-c4ccc(-c5cccc(-c6c7c(cc8c(-c9ccccc9)nc9ccccc9c68)oc6ccccc67)c5)cc4)c4ccccc4n3)c2)cc1. The highest BCUT2D eigenvalue weighted by Gasteiger charge is 2.22. The molecule has 12 rings (SSSR count). The van der Waals surface area contributed by atoms with Gasteiger partial charge in [0.1, 0.15) is 11.2 Å². The highest BCUT2D eigenvalue weighted by atomic mass is 16.3. The van der Waals surface area contributed by atoms with Gasteiger partial charge in [0.2, 0.25) is 0 Å². The van der Waals surface area contributed by atoms with Crippen LogP contribution in [0.1, 0.15) is 0 Å². The Morgan fingerprint density at radius 3 is 1.54 bits per heavy atom. The van der Waals surface area contributed by atoms with Crippen LogP contribution in [-0.2, 0) is 0 Å². The van der Waals surface area contributed by atoms with E-state index >= 15 is 0 Å². The molecule has 0 aliphatic rings. The van der Waals surface area contributed by atoms with Crippen molar-refractivity contribution in [3.05, 3.63) is 212 Å². The van der Waals surface area contributed by atoms with Crippen molar-refractivity contribution in [2.45, 2.75) is 0 Å². The first-order valence-corrected chi connectivity index (χ1v) is 20.6. The van der Waals surface area contributed by atoms with Gasteiger partial charge in [-0.1, -0.05) is 176 Å². The molecule has 3 aromatic heterocycles. The Hall–Kier alpha value is -8.21. The van der Waals surface area contributed by atoms with E-state index in [0.717, 1.165) is 116 Å². The summed E-state index contributed by atoms with van der Waals surface area (Å²) in [6, 6.07) is 74.4. The van der Waals surface area contributed by atoms with Crippen LogP contribution in [0.4, 0.5) is 0 Å². The fraction of sp³-hybridized carbons (Fsp3) is 0. The molecule has 0 aliphatic heterocycles. The highest BCUT2D eigenvalue weighted by Crippen LogP contribution is 2.47. The molecule has 4 nitrogen and oxygen atoms in total. The molecule has 61 heavy (non-hydrogen) atoms. The van der Waals surface area contributed by atoms with Crippen molar-refractivity contribution in [1.82, 2.24) is 15.0 Å². The molecule has 0 bridgehead atoms. The number of fused-ring (bicyclic) bond motifs is 7. The van der Waals surface area contributed by atoms with Gasteiger partial charge in [0.15, 0.2) is 5.82 Å². The Balaban J connectivity index is 1.01. The molecular weight excluding hydrogens is 743 g/mol. The minimum Gasteiger partial charge on any atom is -0.456 e. The van der Waals surface area contributed by atoms with Gasteiger partial charge in [-0.05, 0) is 64.2 Å². The lowest BCUT2D eigenvalue weighted by molar-refractivity contribution is 0.669. The van der Waals surface area contributed by atoms with Crippen LogP contribution in [0, 0.1) is 0 Å². The van der Waals surface area contributed by atoms with Crippen LogP contribution >= 0.6 is 0 Å². The summed E-state index contributed by atoms with van der Waals surface area (Å²) in [4.78, 5) is 15.6. The largest absolute Gasteiger partial charge is 0.456 e. The number of rotatable bonds is 6. The maximum absolute atomic E-state index is 6.65. The Morgan fingerprint density at radius 1 is 0.279 bits per heavy atom. The molecule has 0 saturated heterocycles. The van der Waals surface area contributed by atoms with E-state index in [-0.39, 0.29) is 0 Å². The number of hydrogen-bond donors (Lipinski definition) is 0. The quantitative estimate of drug-likeness (QED) is 0.158. The summed E-state index contributed by atoms with van der Waals surface area (Å²) in [6.45, 7) is 0. The molecule has 3 heterocycles. The van der Waals surface area contributed by atoms with Crippen LogP contribution < -0.4 is 0 Å². The van der Waals surface area contributed by atoms with Gasteiger partial charge in [-0.15, -0.1) is 0 Å². The second-order valence-electron chi connectivity index (χ2n) is 15.5. The summed E-state index contributed by atoms with van der Waals surface area (Å²) < 4.78 is 6.65. The number of benzene rings is 9. The first-order chi connectivity index (χ1) is 30.2. The van der Waals surface area contributed by atoms with E-state index < -0.39 is 0 Å². The lowest BCUT2D eigenvalue weighted by Gasteiger charge is -2.16. The third-order valence-corrected chi connectivity index (χ3v) is 11.8. The van der Waals surface area contributed by atoms with Gasteiger partial charge in [-0.2, -0.15) is 0 Å². The van der Waals surface area contributed by atoms with E-state index in [4.69, 9.17) is 19.4 Å². The monoisotopic (exact) mass is 777 g/mol. The van der Waals surface area contributed by atoms with Crippen LogP contribution in [-0.4, -0.2) is 15.0 Å². The molecule has 0 amide bonds. The van der Waals surface area contributed by atoms with E-state index in [1.54, 1.807) is 0 Å². The second kappa shape index (κ2) is 14.3. The van der Waals surface area contributed by atoms with Gasteiger partial charge in [-0.25, -0.2) is 15.0 Å². The smallest absolute Gasteiger partial charge is 0.160 e. The van der Waals surface area contributed by atoms with Crippen LogP contribution in [0.5, 0.6) is 0 Å². The molecule has 12 aromatic rings. The Bertz CT molecular complexity index is 3630. The van der Waals surface area contributed by atoms with E-state index in [0.29, 0.717) is 5.82 Å². The number of hydrogen-bond acceptors (Lipinski definition) is 4. The summed E-state index contributed by atoms with van der Waals surface area (Å²) in [5, 5.41) is 6.55. The molecule has 0 spiro atoms. The van der Waals surface area contributed by atoms with Crippen molar-refractivity contribution in [2.24, 2.45) is 0 Å². The summed E-state index contributed by atoms with van der Waals surface area (Å²) in [5.74, 6) is 0.703. The normalized spacial score (nSPS) is 11.6. The molecule has 284 valence electrons. The lowest BCUT2D eigenvalue weighted by Crippen LogP contribution is -1.95. The van der Waals surface area contributed by atoms with E-state index in [1.165, 1.54) is 0 Å². The summed E-state index contributed by atoms with van der Waals surface area (Å²) in [5.41, 5.74) is 15.3. The molecule has 0 saturated carbocycles. The van der Waals surface area contributed by atoms with Crippen molar-refractivity contribution in [3.63, 3.8) is 0 Å². The van der Waals surface area contributed by atoms with Crippen LogP contribution in [0.3, 0.4) is 0 Å². The fourth-order valence-corrected chi connectivity index (χ4v) is 8.99. The number of nitrogens with zero attached hydrogens (tertiary/aromatic N) is 3. The molecule has 0 N–H and O–H groups in total. The standard InChI is InChI=1S/C57H35N3O/c1-3-15-36(16-4-1)41-20-14-22-43(34-41)57-59-49-27-11-8-24-45(49)55(60-57)39-31-29-37(30-32-39)40-19-13-21-42(33-40)52-53-44-23-7-10-26-48(44)58-56(38-17-5-2-6-18-38)47(53)35-51-54(52)46-25-9-12-28-50(46)61-51/h1-35H. The molecule has 4 heteroatoms. The molecule has 0 atom stereocenters. The highest BCUT2D eigenvalue weighted by molar-refractivity contribution is 6.27. The van der Waals surface area contributed by atoms with Crippen molar-refractivity contribution < 1.29 is 4.42 Å². The maximum Gasteiger partial charge on any atom is 0.160 e. The number of aromatic nitrogens is 3. The predicted octanol–water partition coefficient (Wildman–Crippen LogP) is 15.2. The van der Waals surface area contributed by atoms with Gasteiger partial charge >= 0.3 is 0 Å². The van der Waals surface area contributed by atoms with Gasteiger partial charge < -0.3 is 4.42 Å². The number of pyridine rings is 1. The van der Waals surface area contributed by atoms with Crippen molar-refractivity contribution >= 4 is 54.5 Å². The zero-order valence-corrected chi connectivity index (χ0v) is 33.0. The third kappa shape index (κ3) is 5.96. The minimum atomic E-state index is 0.703. The molecule has 0 aliphatic carbocycles. The van der Waals surface area contributed by atoms with Crippen LogP contribution in [0.25, 0.3) is 122 Å². The topological polar surface area (TPSA) is 51.8 Å². The predicted molar refractivity (Wildman–Crippen MR) is 252 cm³/mol. The maximum atomic E-state index is 6.65. The third-order valence-electron chi connectivity index (χ3n) is 11.8. The van der Waals surface area contributed by atoms with Gasteiger partial charge in [0, 0.05) is 54.6 Å².